The van der Waals surface area contributed by atoms with Crippen molar-refractivity contribution in [2.24, 2.45) is 23.6 Å². The van der Waals surface area contributed by atoms with Crippen LogP contribution in [-0.2, 0) is 0 Å². The van der Waals surface area contributed by atoms with E-state index < -0.39 is 0 Å². The Kier molecular flexibility index (Phi) is 2.38. The number of rotatable bonds is 3. The Morgan fingerprint density at radius 2 is 2.20 bits per heavy atom. The summed E-state index contributed by atoms with van der Waals surface area (Å²) in [4.78, 5) is 0. The molecule has 3 N–H and O–H groups in total. The van der Waals surface area contributed by atoms with Gasteiger partial charge in [0, 0.05) is 0 Å². The molecule has 2 aliphatic rings. The molecule has 1 aromatic rings. The summed E-state index contributed by atoms with van der Waals surface area (Å²) in [5, 5.41) is 0. The van der Waals surface area contributed by atoms with Crippen molar-refractivity contribution in [2.75, 3.05) is 0 Å². The number of fused-ring (bicyclic) bond motifs is 1. The van der Waals surface area contributed by atoms with Crippen molar-refractivity contribution >= 4 is 15.9 Å². The summed E-state index contributed by atoms with van der Waals surface area (Å²) in [6, 6.07) is 2.11. The molecule has 2 aliphatic carbocycles. The Morgan fingerprint density at radius 1 is 1.47 bits per heavy atom. The fourth-order valence-electron chi connectivity index (χ4n) is 3.26. The third-order valence-corrected chi connectivity index (χ3v) is 4.62. The van der Waals surface area contributed by atoms with E-state index in [9.17, 15) is 0 Å². The highest BCUT2D eigenvalue weighted by molar-refractivity contribution is 9.10. The quantitative estimate of drug-likeness (QED) is 0.656. The summed E-state index contributed by atoms with van der Waals surface area (Å²) in [5.41, 5.74) is 2.91. The Morgan fingerprint density at radius 3 is 2.73 bits per heavy atom. The predicted octanol–water partition coefficient (Wildman–Crippen LogP) is 2.59. The molecule has 1 heterocycles. The van der Waals surface area contributed by atoms with Crippen LogP contribution >= 0.6 is 15.9 Å². The van der Waals surface area contributed by atoms with E-state index >= 15 is 0 Å². The van der Waals surface area contributed by atoms with Crippen molar-refractivity contribution in [1.82, 2.24) is 5.43 Å². The number of hydrazine groups is 1. The number of nitrogens with one attached hydrogen (secondary N) is 1. The van der Waals surface area contributed by atoms with Gasteiger partial charge in [0.05, 0.1) is 16.8 Å². The van der Waals surface area contributed by atoms with Crippen LogP contribution in [0.15, 0.2) is 21.2 Å². The standard InChI is InChI=1S/C11H15BrN2O/c12-8-4-5-15-11(8)10(14-13)9-6-2-1-3-7(6)9/h4-7,9-10,14H,1-3,13H2. The van der Waals surface area contributed by atoms with Crippen LogP contribution in [0, 0.1) is 17.8 Å². The molecule has 0 saturated heterocycles. The first-order valence-corrected chi connectivity index (χ1v) is 6.31. The van der Waals surface area contributed by atoms with Crippen LogP contribution in [0.3, 0.4) is 0 Å². The van der Waals surface area contributed by atoms with Crippen molar-refractivity contribution in [2.45, 2.75) is 25.3 Å². The molecule has 2 fully saturated rings. The summed E-state index contributed by atoms with van der Waals surface area (Å²) in [5.74, 6) is 9.04. The van der Waals surface area contributed by atoms with Gasteiger partial charge in [0.15, 0.2) is 0 Å². The van der Waals surface area contributed by atoms with E-state index in [1.54, 1.807) is 6.26 Å². The van der Waals surface area contributed by atoms with Gasteiger partial charge in [0.2, 0.25) is 0 Å². The van der Waals surface area contributed by atoms with Gasteiger partial charge in [-0.3, -0.25) is 5.84 Å². The Labute approximate surface area is 97.5 Å². The van der Waals surface area contributed by atoms with E-state index in [4.69, 9.17) is 10.3 Å². The molecule has 0 spiro atoms. The molecule has 3 atom stereocenters. The van der Waals surface area contributed by atoms with E-state index in [0.717, 1.165) is 22.1 Å². The molecule has 15 heavy (non-hydrogen) atoms. The maximum absolute atomic E-state index is 5.65. The number of halogens is 1. The maximum atomic E-state index is 5.65. The van der Waals surface area contributed by atoms with Gasteiger partial charge >= 0.3 is 0 Å². The van der Waals surface area contributed by atoms with Gasteiger partial charge in [-0.15, -0.1) is 0 Å². The molecule has 2 saturated carbocycles. The van der Waals surface area contributed by atoms with Crippen LogP contribution in [0.1, 0.15) is 31.1 Å². The van der Waals surface area contributed by atoms with E-state index in [1.165, 1.54) is 19.3 Å². The third-order valence-electron chi connectivity index (χ3n) is 3.96. The molecular weight excluding hydrogens is 256 g/mol. The molecular formula is C11H15BrN2O. The van der Waals surface area contributed by atoms with Crippen molar-refractivity contribution in [1.29, 1.82) is 0 Å². The minimum Gasteiger partial charge on any atom is -0.466 e. The van der Waals surface area contributed by atoms with Crippen LogP contribution in [0.4, 0.5) is 0 Å². The fraction of sp³-hybridized carbons (Fsp3) is 0.636. The number of hydrogen-bond donors (Lipinski definition) is 2. The number of nitrogens with two attached hydrogens (primary N) is 1. The Bertz CT molecular complexity index is 355. The second-order valence-electron chi connectivity index (χ2n) is 4.61. The molecule has 0 aliphatic heterocycles. The lowest BCUT2D eigenvalue weighted by Crippen LogP contribution is -2.30. The summed E-state index contributed by atoms with van der Waals surface area (Å²) in [6.45, 7) is 0. The molecule has 3 unspecified atom stereocenters. The maximum Gasteiger partial charge on any atom is 0.136 e. The zero-order chi connectivity index (χ0) is 10.4. The van der Waals surface area contributed by atoms with Gasteiger partial charge < -0.3 is 4.42 Å². The predicted molar refractivity (Wildman–Crippen MR) is 60.8 cm³/mol. The highest BCUT2D eigenvalue weighted by atomic mass is 79.9. The number of furan rings is 1. The average Bonchev–Trinajstić information content (AvgIpc) is 2.66. The Balaban J connectivity index is 1.81. The summed E-state index contributed by atoms with van der Waals surface area (Å²) in [7, 11) is 0. The van der Waals surface area contributed by atoms with Gasteiger partial charge in [-0.05, 0) is 52.6 Å². The van der Waals surface area contributed by atoms with Gasteiger partial charge in [0.25, 0.3) is 0 Å². The van der Waals surface area contributed by atoms with Gasteiger partial charge in [-0.1, -0.05) is 6.42 Å². The largest absolute Gasteiger partial charge is 0.466 e. The van der Waals surface area contributed by atoms with Gasteiger partial charge in [-0.25, -0.2) is 5.43 Å². The van der Waals surface area contributed by atoms with E-state index in [0.29, 0.717) is 5.92 Å². The molecule has 82 valence electrons. The molecule has 0 amide bonds. The van der Waals surface area contributed by atoms with Crippen LogP contribution in [-0.4, -0.2) is 0 Å². The summed E-state index contributed by atoms with van der Waals surface area (Å²) >= 11 is 3.49. The lowest BCUT2D eigenvalue weighted by Gasteiger charge is -2.15. The lowest BCUT2D eigenvalue weighted by atomic mass is 10.0. The minimum atomic E-state index is 0.185. The van der Waals surface area contributed by atoms with Crippen LogP contribution in [0.2, 0.25) is 0 Å². The van der Waals surface area contributed by atoms with Gasteiger partial charge in [-0.2, -0.15) is 0 Å². The fourth-order valence-corrected chi connectivity index (χ4v) is 3.71. The molecule has 0 aromatic carbocycles. The average molecular weight is 271 g/mol. The Hall–Kier alpha value is -0.320. The molecule has 3 nitrogen and oxygen atoms in total. The molecule has 1 aromatic heterocycles. The summed E-state index contributed by atoms with van der Waals surface area (Å²) < 4.78 is 6.52. The second kappa shape index (κ2) is 3.61. The first-order valence-electron chi connectivity index (χ1n) is 5.52. The number of hydrogen-bond acceptors (Lipinski definition) is 3. The van der Waals surface area contributed by atoms with Gasteiger partial charge in [0.1, 0.15) is 5.76 Å². The zero-order valence-electron chi connectivity index (χ0n) is 8.45. The molecule has 0 radical (unpaired) electrons. The van der Waals surface area contributed by atoms with E-state index in [-0.39, 0.29) is 6.04 Å². The molecule has 4 heteroatoms. The zero-order valence-corrected chi connectivity index (χ0v) is 10.0. The smallest absolute Gasteiger partial charge is 0.136 e. The first-order chi connectivity index (χ1) is 7.33. The monoisotopic (exact) mass is 270 g/mol. The first kappa shape index (κ1) is 9.87. The van der Waals surface area contributed by atoms with E-state index in [1.807, 2.05) is 6.07 Å². The van der Waals surface area contributed by atoms with E-state index in [2.05, 4.69) is 21.4 Å². The highest BCUT2D eigenvalue weighted by Gasteiger charge is 2.56. The van der Waals surface area contributed by atoms with Crippen molar-refractivity contribution in [3.05, 3.63) is 22.6 Å². The normalized spacial score (nSPS) is 35.2. The second-order valence-corrected chi connectivity index (χ2v) is 5.47. The van der Waals surface area contributed by atoms with Crippen molar-refractivity contribution in [3.8, 4) is 0 Å². The molecule has 3 rings (SSSR count). The SMILES string of the molecule is NNC(c1occc1Br)C1C2CCCC21. The van der Waals surface area contributed by atoms with Crippen LogP contribution in [0.5, 0.6) is 0 Å². The molecule has 0 bridgehead atoms. The summed E-state index contributed by atoms with van der Waals surface area (Å²) in [6.07, 6.45) is 5.84. The lowest BCUT2D eigenvalue weighted by molar-refractivity contribution is 0.352. The highest BCUT2D eigenvalue weighted by Crippen LogP contribution is 2.62. The van der Waals surface area contributed by atoms with Crippen molar-refractivity contribution < 1.29 is 4.42 Å². The van der Waals surface area contributed by atoms with Crippen LogP contribution in [0.25, 0.3) is 0 Å². The third kappa shape index (κ3) is 1.47. The topological polar surface area (TPSA) is 51.2 Å². The minimum absolute atomic E-state index is 0.185. The van der Waals surface area contributed by atoms with Crippen molar-refractivity contribution in [3.63, 3.8) is 0 Å². The van der Waals surface area contributed by atoms with Crippen LogP contribution < -0.4 is 11.3 Å².